The van der Waals surface area contributed by atoms with Crippen LogP contribution in [0.3, 0.4) is 0 Å². The van der Waals surface area contributed by atoms with Crippen molar-refractivity contribution >= 4 is 11.6 Å². The van der Waals surface area contributed by atoms with Crippen molar-refractivity contribution < 1.29 is 4.79 Å². The zero-order valence-corrected chi connectivity index (χ0v) is 7.86. The van der Waals surface area contributed by atoms with Crippen molar-refractivity contribution in [1.82, 2.24) is 10.3 Å². The van der Waals surface area contributed by atoms with Gasteiger partial charge in [0.1, 0.15) is 0 Å². The van der Waals surface area contributed by atoms with Gasteiger partial charge in [0, 0.05) is 18.8 Å². The molecular formula is C9H14N4O. The Morgan fingerprint density at radius 2 is 2.29 bits per heavy atom. The highest BCUT2D eigenvalue weighted by atomic mass is 16.1. The summed E-state index contributed by atoms with van der Waals surface area (Å²) >= 11 is 0. The van der Waals surface area contributed by atoms with Gasteiger partial charge in [-0.15, -0.1) is 0 Å². The van der Waals surface area contributed by atoms with Crippen molar-refractivity contribution in [3.8, 4) is 0 Å². The van der Waals surface area contributed by atoms with Crippen LogP contribution in [0.1, 0.15) is 5.69 Å². The number of nitrogens with zero attached hydrogens (tertiary/aromatic N) is 1. The molecular weight excluding hydrogens is 180 g/mol. The van der Waals surface area contributed by atoms with Crippen molar-refractivity contribution in [3.05, 3.63) is 24.0 Å². The van der Waals surface area contributed by atoms with Crippen molar-refractivity contribution in [1.29, 1.82) is 0 Å². The normalized spacial score (nSPS) is 9.79. The molecule has 0 atom stereocenters. The highest BCUT2D eigenvalue weighted by Crippen LogP contribution is 2.01. The third-order valence-corrected chi connectivity index (χ3v) is 1.66. The van der Waals surface area contributed by atoms with Crippen LogP contribution in [-0.4, -0.2) is 24.0 Å². The fraction of sp³-hybridized carbons (Fsp3) is 0.333. The molecule has 0 aliphatic carbocycles. The molecule has 1 heterocycles. The molecule has 0 unspecified atom stereocenters. The largest absolute Gasteiger partial charge is 0.397 e. The SMILES string of the molecule is NCCNC(=O)Cc1ccc(N)cn1. The number of nitrogens with two attached hydrogens (primary N) is 2. The second kappa shape index (κ2) is 5.18. The van der Waals surface area contributed by atoms with E-state index in [1.54, 1.807) is 12.1 Å². The summed E-state index contributed by atoms with van der Waals surface area (Å²) in [6, 6.07) is 3.45. The first-order chi connectivity index (χ1) is 6.72. The molecule has 1 aromatic rings. The van der Waals surface area contributed by atoms with Gasteiger partial charge in [0.05, 0.1) is 18.3 Å². The maximum atomic E-state index is 11.2. The number of pyridine rings is 1. The Kier molecular flexibility index (Phi) is 3.87. The van der Waals surface area contributed by atoms with Gasteiger partial charge in [-0.05, 0) is 12.1 Å². The van der Waals surface area contributed by atoms with Gasteiger partial charge in [-0.2, -0.15) is 0 Å². The quantitative estimate of drug-likeness (QED) is 0.589. The summed E-state index contributed by atoms with van der Waals surface area (Å²) in [6.45, 7) is 0.939. The molecule has 5 nitrogen and oxygen atoms in total. The van der Waals surface area contributed by atoms with Gasteiger partial charge in [-0.3, -0.25) is 9.78 Å². The maximum Gasteiger partial charge on any atom is 0.226 e. The minimum absolute atomic E-state index is 0.0762. The van der Waals surface area contributed by atoms with Crippen molar-refractivity contribution in [2.45, 2.75) is 6.42 Å². The second-order valence-electron chi connectivity index (χ2n) is 2.90. The summed E-state index contributed by atoms with van der Waals surface area (Å²) < 4.78 is 0. The van der Waals surface area contributed by atoms with Crippen LogP contribution >= 0.6 is 0 Å². The Balaban J connectivity index is 2.44. The lowest BCUT2D eigenvalue weighted by atomic mass is 10.2. The van der Waals surface area contributed by atoms with Gasteiger partial charge in [-0.25, -0.2) is 0 Å². The number of nitrogens with one attached hydrogen (secondary N) is 1. The predicted molar refractivity (Wildman–Crippen MR) is 54.4 cm³/mol. The standard InChI is InChI=1S/C9H14N4O/c10-3-4-12-9(14)5-8-2-1-7(11)6-13-8/h1-2,6H,3-5,10-11H2,(H,12,14). The number of hydrogen-bond acceptors (Lipinski definition) is 4. The van der Waals surface area contributed by atoms with E-state index in [1.807, 2.05) is 0 Å². The lowest BCUT2D eigenvalue weighted by Gasteiger charge is -2.02. The van der Waals surface area contributed by atoms with Gasteiger partial charge >= 0.3 is 0 Å². The number of carbonyl (C=O) groups excluding carboxylic acids is 1. The number of rotatable bonds is 4. The Hall–Kier alpha value is -1.62. The van der Waals surface area contributed by atoms with Crippen LogP contribution in [0.25, 0.3) is 0 Å². The molecule has 0 spiro atoms. The molecule has 0 saturated heterocycles. The molecule has 5 heteroatoms. The van der Waals surface area contributed by atoms with E-state index in [1.165, 1.54) is 6.20 Å². The number of hydrogen-bond donors (Lipinski definition) is 3. The number of nitrogen functional groups attached to an aromatic ring is 1. The molecule has 0 radical (unpaired) electrons. The monoisotopic (exact) mass is 194 g/mol. The molecule has 14 heavy (non-hydrogen) atoms. The zero-order valence-electron chi connectivity index (χ0n) is 7.86. The van der Waals surface area contributed by atoms with Crippen LogP contribution in [0, 0.1) is 0 Å². The summed E-state index contributed by atoms with van der Waals surface area (Å²) in [4.78, 5) is 15.2. The number of anilines is 1. The first kappa shape index (κ1) is 10.5. The Morgan fingerprint density at radius 3 is 2.86 bits per heavy atom. The smallest absolute Gasteiger partial charge is 0.226 e. The Bertz CT molecular complexity index is 296. The van der Waals surface area contributed by atoms with Gasteiger partial charge in [0.15, 0.2) is 0 Å². The summed E-state index contributed by atoms with van der Waals surface area (Å²) in [6.07, 6.45) is 1.80. The fourth-order valence-electron chi connectivity index (χ4n) is 0.979. The number of aromatic nitrogens is 1. The van der Waals surface area contributed by atoms with E-state index >= 15 is 0 Å². The summed E-state index contributed by atoms with van der Waals surface area (Å²) in [5, 5.41) is 2.66. The van der Waals surface area contributed by atoms with E-state index < -0.39 is 0 Å². The van der Waals surface area contributed by atoms with Crippen LogP contribution in [0.5, 0.6) is 0 Å². The summed E-state index contributed by atoms with van der Waals surface area (Å²) in [5.41, 5.74) is 12.0. The Labute approximate surface area is 82.5 Å². The summed E-state index contributed by atoms with van der Waals surface area (Å²) in [5.74, 6) is -0.0762. The molecule has 1 rings (SSSR count). The van der Waals surface area contributed by atoms with Crippen molar-refractivity contribution in [2.75, 3.05) is 18.8 Å². The van der Waals surface area contributed by atoms with Crippen molar-refractivity contribution in [2.24, 2.45) is 5.73 Å². The molecule has 0 saturated carbocycles. The fourth-order valence-corrected chi connectivity index (χ4v) is 0.979. The highest BCUT2D eigenvalue weighted by molar-refractivity contribution is 5.78. The molecule has 5 N–H and O–H groups in total. The third-order valence-electron chi connectivity index (χ3n) is 1.66. The predicted octanol–water partition coefficient (Wildman–Crippen LogP) is -0.719. The molecule has 0 aliphatic rings. The third kappa shape index (κ3) is 3.40. The molecule has 0 fully saturated rings. The zero-order chi connectivity index (χ0) is 10.4. The molecule has 0 bridgehead atoms. The lowest BCUT2D eigenvalue weighted by Crippen LogP contribution is -2.30. The van der Waals surface area contributed by atoms with E-state index in [9.17, 15) is 4.79 Å². The number of amides is 1. The average Bonchev–Trinajstić information content (AvgIpc) is 2.18. The maximum absolute atomic E-state index is 11.2. The van der Waals surface area contributed by atoms with Crippen LogP contribution in [0.4, 0.5) is 5.69 Å². The first-order valence-corrected chi connectivity index (χ1v) is 4.39. The molecule has 76 valence electrons. The van der Waals surface area contributed by atoms with Crippen molar-refractivity contribution in [3.63, 3.8) is 0 Å². The van der Waals surface area contributed by atoms with E-state index in [0.29, 0.717) is 24.5 Å². The Morgan fingerprint density at radius 1 is 1.50 bits per heavy atom. The first-order valence-electron chi connectivity index (χ1n) is 4.39. The summed E-state index contributed by atoms with van der Waals surface area (Å²) in [7, 11) is 0. The van der Waals surface area contributed by atoms with Gasteiger partial charge < -0.3 is 16.8 Å². The van der Waals surface area contributed by atoms with Crippen LogP contribution < -0.4 is 16.8 Å². The van der Waals surface area contributed by atoms with E-state index in [4.69, 9.17) is 11.5 Å². The lowest BCUT2D eigenvalue weighted by molar-refractivity contribution is -0.120. The minimum Gasteiger partial charge on any atom is -0.397 e. The van der Waals surface area contributed by atoms with E-state index in [2.05, 4.69) is 10.3 Å². The second-order valence-corrected chi connectivity index (χ2v) is 2.90. The molecule has 0 aliphatic heterocycles. The van der Waals surface area contributed by atoms with Crippen LogP contribution in [-0.2, 0) is 11.2 Å². The van der Waals surface area contributed by atoms with E-state index in [-0.39, 0.29) is 12.3 Å². The van der Waals surface area contributed by atoms with Gasteiger partial charge in [-0.1, -0.05) is 0 Å². The topological polar surface area (TPSA) is 94.0 Å². The number of carbonyl (C=O) groups is 1. The average molecular weight is 194 g/mol. The highest BCUT2D eigenvalue weighted by Gasteiger charge is 2.02. The molecule has 1 aromatic heterocycles. The minimum atomic E-state index is -0.0762. The molecule has 1 amide bonds. The van der Waals surface area contributed by atoms with Gasteiger partial charge in [0.25, 0.3) is 0 Å². The molecule has 0 aromatic carbocycles. The van der Waals surface area contributed by atoms with Crippen LogP contribution in [0.2, 0.25) is 0 Å². The van der Waals surface area contributed by atoms with Gasteiger partial charge in [0.2, 0.25) is 5.91 Å². The van der Waals surface area contributed by atoms with E-state index in [0.717, 1.165) is 0 Å². The van der Waals surface area contributed by atoms with Crippen LogP contribution in [0.15, 0.2) is 18.3 Å².